The number of rotatable bonds is 6. The van der Waals surface area contributed by atoms with Crippen LogP contribution in [-0.2, 0) is 6.54 Å². The van der Waals surface area contributed by atoms with E-state index in [1.54, 1.807) is 12.1 Å². The number of amidine groups is 1. The average molecular weight is 275 g/mol. The smallest absolute Gasteiger partial charge is 0.406 e. The first-order valence-corrected chi connectivity index (χ1v) is 5.62. The topological polar surface area (TPSA) is 62.3 Å². The van der Waals surface area contributed by atoms with Crippen molar-refractivity contribution in [2.24, 2.45) is 5.73 Å². The zero-order chi connectivity index (χ0) is 14.5. The summed E-state index contributed by atoms with van der Waals surface area (Å²) in [7, 11) is 1.85. The lowest BCUT2D eigenvalue weighted by Gasteiger charge is -2.16. The molecule has 19 heavy (non-hydrogen) atoms. The van der Waals surface area contributed by atoms with Crippen LogP contribution in [0.2, 0.25) is 0 Å². The average Bonchev–Trinajstić information content (AvgIpc) is 2.27. The zero-order valence-electron chi connectivity index (χ0n) is 10.5. The van der Waals surface area contributed by atoms with Crippen LogP contribution >= 0.6 is 0 Å². The molecular weight excluding hydrogens is 259 g/mol. The van der Waals surface area contributed by atoms with E-state index in [1.165, 1.54) is 12.1 Å². The third-order valence-corrected chi connectivity index (χ3v) is 2.37. The van der Waals surface area contributed by atoms with Gasteiger partial charge in [0.15, 0.2) is 0 Å². The van der Waals surface area contributed by atoms with Crippen molar-refractivity contribution in [3.05, 3.63) is 29.8 Å². The number of nitrogens with zero attached hydrogens (tertiary/aromatic N) is 1. The van der Waals surface area contributed by atoms with Crippen LogP contribution in [0.15, 0.2) is 24.3 Å². The van der Waals surface area contributed by atoms with E-state index in [0.717, 1.165) is 5.56 Å². The predicted molar refractivity (Wildman–Crippen MR) is 66.0 cm³/mol. The van der Waals surface area contributed by atoms with Crippen LogP contribution in [0, 0.1) is 5.41 Å². The Balaban J connectivity index is 2.50. The minimum atomic E-state index is -4.67. The van der Waals surface area contributed by atoms with Crippen LogP contribution in [0.3, 0.4) is 0 Å². The Labute approximate surface area is 109 Å². The Bertz CT molecular complexity index is 417. The van der Waals surface area contributed by atoms with Crippen molar-refractivity contribution in [3.8, 4) is 5.75 Å². The fourth-order valence-electron chi connectivity index (χ4n) is 1.50. The van der Waals surface area contributed by atoms with Crippen molar-refractivity contribution in [1.29, 1.82) is 5.41 Å². The number of hydrogen-bond acceptors (Lipinski definition) is 3. The van der Waals surface area contributed by atoms with Crippen LogP contribution in [0.4, 0.5) is 13.2 Å². The summed E-state index contributed by atoms with van der Waals surface area (Å²) in [4.78, 5) is 1.93. The molecule has 0 aromatic heterocycles. The maximum Gasteiger partial charge on any atom is 0.573 e. The summed E-state index contributed by atoms with van der Waals surface area (Å²) in [6.07, 6.45) is -4.20. The second-order valence-corrected chi connectivity index (χ2v) is 4.20. The molecule has 0 unspecified atom stereocenters. The summed E-state index contributed by atoms with van der Waals surface area (Å²) in [5.41, 5.74) is 6.11. The Morgan fingerprint density at radius 1 is 1.32 bits per heavy atom. The lowest BCUT2D eigenvalue weighted by atomic mass is 10.2. The summed E-state index contributed by atoms with van der Waals surface area (Å²) in [5.74, 6) is -0.122. The van der Waals surface area contributed by atoms with E-state index >= 15 is 0 Å². The van der Waals surface area contributed by atoms with Crippen molar-refractivity contribution in [2.45, 2.75) is 19.3 Å². The Morgan fingerprint density at radius 3 is 2.37 bits per heavy atom. The van der Waals surface area contributed by atoms with Gasteiger partial charge in [-0.05, 0) is 24.7 Å². The van der Waals surface area contributed by atoms with Crippen molar-refractivity contribution in [3.63, 3.8) is 0 Å². The third-order valence-electron chi connectivity index (χ3n) is 2.37. The predicted octanol–water partition coefficient (Wildman–Crippen LogP) is 2.34. The van der Waals surface area contributed by atoms with Gasteiger partial charge in [0.25, 0.3) is 0 Å². The first-order valence-electron chi connectivity index (χ1n) is 5.62. The highest BCUT2D eigenvalue weighted by Crippen LogP contribution is 2.22. The fourth-order valence-corrected chi connectivity index (χ4v) is 1.50. The SMILES string of the molecule is CN(CCC(=N)N)Cc1ccc(OC(F)(F)F)cc1. The number of halogens is 3. The summed E-state index contributed by atoms with van der Waals surface area (Å²) in [6.45, 7) is 1.19. The second kappa shape index (κ2) is 6.42. The maximum atomic E-state index is 12.0. The number of ether oxygens (including phenoxy) is 1. The highest BCUT2D eigenvalue weighted by molar-refractivity contribution is 5.76. The molecule has 3 N–H and O–H groups in total. The normalized spacial score (nSPS) is 11.6. The molecule has 0 radical (unpaired) electrons. The molecule has 0 atom stereocenters. The monoisotopic (exact) mass is 275 g/mol. The molecule has 0 amide bonds. The number of alkyl halides is 3. The molecule has 0 saturated heterocycles. The van der Waals surface area contributed by atoms with Gasteiger partial charge in [-0.3, -0.25) is 5.41 Å². The minimum Gasteiger partial charge on any atom is -0.406 e. The first-order chi connectivity index (χ1) is 8.76. The molecule has 0 bridgehead atoms. The van der Waals surface area contributed by atoms with Gasteiger partial charge in [0.1, 0.15) is 5.75 Å². The van der Waals surface area contributed by atoms with Crippen molar-refractivity contribution in [2.75, 3.05) is 13.6 Å². The van der Waals surface area contributed by atoms with Gasteiger partial charge in [0.2, 0.25) is 0 Å². The van der Waals surface area contributed by atoms with Crippen molar-refractivity contribution < 1.29 is 17.9 Å². The molecule has 106 valence electrons. The van der Waals surface area contributed by atoms with Crippen molar-refractivity contribution >= 4 is 5.84 Å². The lowest BCUT2D eigenvalue weighted by Crippen LogP contribution is -2.23. The molecule has 1 aromatic carbocycles. The molecule has 0 fully saturated rings. The molecule has 1 rings (SSSR count). The molecule has 7 heteroatoms. The first kappa shape index (κ1) is 15.3. The number of hydrogen-bond donors (Lipinski definition) is 2. The molecule has 4 nitrogen and oxygen atoms in total. The third kappa shape index (κ3) is 6.66. The van der Waals surface area contributed by atoms with Crippen LogP contribution < -0.4 is 10.5 Å². The minimum absolute atomic E-state index is 0.112. The van der Waals surface area contributed by atoms with E-state index < -0.39 is 6.36 Å². The lowest BCUT2D eigenvalue weighted by molar-refractivity contribution is -0.274. The fraction of sp³-hybridized carbons (Fsp3) is 0.417. The van der Waals surface area contributed by atoms with Gasteiger partial charge >= 0.3 is 6.36 Å². The van der Waals surface area contributed by atoms with Gasteiger partial charge in [-0.25, -0.2) is 0 Å². The van der Waals surface area contributed by atoms with Gasteiger partial charge in [0.05, 0.1) is 5.84 Å². The summed E-state index contributed by atoms with van der Waals surface area (Å²) >= 11 is 0. The number of nitrogens with one attached hydrogen (secondary N) is 1. The second-order valence-electron chi connectivity index (χ2n) is 4.20. The molecule has 1 aromatic rings. The maximum absolute atomic E-state index is 12.0. The van der Waals surface area contributed by atoms with Gasteiger partial charge in [-0.2, -0.15) is 0 Å². The van der Waals surface area contributed by atoms with E-state index in [9.17, 15) is 13.2 Å². The molecule has 0 spiro atoms. The molecule has 0 aliphatic carbocycles. The summed E-state index contributed by atoms with van der Waals surface area (Å²) < 4.78 is 39.7. The number of benzene rings is 1. The van der Waals surface area contributed by atoms with Crippen LogP contribution in [-0.4, -0.2) is 30.7 Å². The van der Waals surface area contributed by atoms with Gasteiger partial charge in [-0.1, -0.05) is 12.1 Å². The summed E-state index contributed by atoms with van der Waals surface area (Å²) in [5, 5.41) is 7.11. The van der Waals surface area contributed by atoms with Gasteiger partial charge < -0.3 is 15.4 Å². The van der Waals surface area contributed by atoms with Crippen molar-refractivity contribution in [1.82, 2.24) is 4.90 Å². The van der Waals surface area contributed by atoms with E-state index in [-0.39, 0.29) is 11.6 Å². The molecule has 0 heterocycles. The van der Waals surface area contributed by atoms with E-state index in [2.05, 4.69) is 4.74 Å². The zero-order valence-corrected chi connectivity index (χ0v) is 10.5. The van der Waals surface area contributed by atoms with E-state index in [1.807, 2.05) is 11.9 Å². The number of nitrogens with two attached hydrogens (primary N) is 1. The molecule has 0 aliphatic rings. The van der Waals surface area contributed by atoms with Gasteiger partial charge in [-0.15, -0.1) is 13.2 Å². The largest absolute Gasteiger partial charge is 0.573 e. The van der Waals surface area contributed by atoms with Crippen LogP contribution in [0.25, 0.3) is 0 Å². The highest BCUT2D eigenvalue weighted by atomic mass is 19.4. The van der Waals surface area contributed by atoms with E-state index in [0.29, 0.717) is 19.5 Å². The standard InChI is InChI=1S/C12H16F3N3O/c1-18(7-6-11(16)17)8-9-2-4-10(5-3-9)19-12(13,14)15/h2-5H,6-8H2,1H3,(H3,16,17). The van der Waals surface area contributed by atoms with Crippen LogP contribution in [0.5, 0.6) is 5.75 Å². The Morgan fingerprint density at radius 2 is 1.89 bits per heavy atom. The molecule has 0 saturated carbocycles. The Hall–Kier alpha value is -1.76. The summed E-state index contributed by atoms with van der Waals surface area (Å²) in [6, 6.07) is 5.71. The van der Waals surface area contributed by atoms with E-state index in [4.69, 9.17) is 11.1 Å². The molecular formula is C12H16F3N3O. The molecule has 0 aliphatic heterocycles. The van der Waals surface area contributed by atoms with Gasteiger partial charge in [0, 0.05) is 19.5 Å². The van der Waals surface area contributed by atoms with Crippen LogP contribution in [0.1, 0.15) is 12.0 Å². The highest BCUT2D eigenvalue weighted by Gasteiger charge is 2.30. The quantitative estimate of drug-likeness (QED) is 0.618. The Kier molecular flexibility index (Phi) is 5.17.